The maximum atomic E-state index is 10.7. The molecule has 1 aliphatic rings. The molecule has 0 unspecified atom stereocenters. The van der Waals surface area contributed by atoms with Crippen LogP contribution in [0.15, 0.2) is 35.3 Å². The molecule has 3 heterocycles. The van der Waals surface area contributed by atoms with E-state index in [9.17, 15) is 4.79 Å². The van der Waals surface area contributed by atoms with Gasteiger partial charge in [-0.3, -0.25) is 14.4 Å². The van der Waals surface area contributed by atoms with Crippen molar-refractivity contribution in [3.63, 3.8) is 0 Å². The van der Waals surface area contributed by atoms with Crippen molar-refractivity contribution in [2.45, 2.75) is 39.2 Å². The number of aliphatic imine (C=N–C) groups is 1. The molecule has 6 nitrogen and oxygen atoms in total. The fourth-order valence-electron chi connectivity index (χ4n) is 3.36. The Hall–Kier alpha value is -2.51. The molecule has 2 aromatic heterocycles. The van der Waals surface area contributed by atoms with Crippen LogP contribution in [0.25, 0.3) is 5.00 Å². The van der Waals surface area contributed by atoms with E-state index in [1.165, 1.54) is 4.88 Å². The molecular formula is C20H19ClN4O2S. The summed E-state index contributed by atoms with van der Waals surface area (Å²) in [5.74, 6) is 0.881. The fraction of sp³-hybridized carbons (Fsp3) is 0.300. The van der Waals surface area contributed by atoms with Gasteiger partial charge in [-0.1, -0.05) is 29.8 Å². The quantitative estimate of drug-likeness (QED) is 0.604. The zero-order chi connectivity index (χ0) is 19.7. The van der Waals surface area contributed by atoms with Gasteiger partial charge < -0.3 is 5.11 Å². The van der Waals surface area contributed by atoms with Gasteiger partial charge in [-0.15, -0.1) is 21.5 Å². The maximum Gasteiger partial charge on any atom is 0.303 e. The number of unbranched alkanes of at least 4 members (excludes halogenated alkanes) is 1. The van der Waals surface area contributed by atoms with Crippen molar-refractivity contribution in [1.82, 2.24) is 14.8 Å². The predicted molar refractivity (Wildman–Crippen MR) is 110 cm³/mol. The molecule has 0 aliphatic carbocycles. The lowest BCUT2D eigenvalue weighted by atomic mass is 10.0. The smallest absolute Gasteiger partial charge is 0.303 e. The van der Waals surface area contributed by atoms with Gasteiger partial charge in [0.15, 0.2) is 5.82 Å². The summed E-state index contributed by atoms with van der Waals surface area (Å²) in [4.78, 5) is 16.8. The van der Waals surface area contributed by atoms with Crippen LogP contribution in [0.3, 0.4) is 0 Å². The van der Waals surface area contributed by atoms with Crippen LogP contribution in [0.4, 0.5) is 0 Å². The lowest BCUT2D eigenvalue weighted by molar-refractivity contribution is -0.137. The number of carboxylic acids is 1. The molecule has 0 fully saturated rings. The Morgan fingerprint density at radius 2 is 2.07 bits per heavy atom. The molecule has 0 saturated heterocycles. The first-order chi connectivity index (χ1) is 13.5. The van der Waals surface area contributed by atoms with Crippen LogP contribution in [0.1, 0.15) is 46.9 Å². The number of hydrogen-bond acceptors (Lipinski definition) is 5. The van der Waals surface area contributed by atoms with Gasteiger partial charge in [-0.25, -0.2) is 0 Å². The summed E-state index contributed by atoms with van der Waals surface area (Å²) in [5.41, 5.74) is 2.78. The number of nitrogens with zero attached hydrogens (tertiary/aromatic N) is 4. The molecule has 0 saturated carbocycles. The van der Waals surface area contributed by atoms with Gasteiger partial charge in [-0.05, 0) is 38.3 Å². The lowest BCUT2D eigenvalue weighted by Gasteiger charge is -2.08. The second kappa shape index (κ2) is 7.85. The Morgan fingerprint density at radius 3 is 2.86 bits per heavy atom. The highest BCUT2D eigenvalue weighted by atomic mass is 35.5. The van der Waals surface area contributed by atoms with E-state index >= 15 is 0 Å². The van der Waals surface area contributed by atoms with Crippen LogP contribution in [-0.2, 0) is 17.8 Å². The average Bonchev–Trinajstić information content (AvgIpc) is 3.20. The lowest BCUT2D eigenvalue weighted by Crippen LogP contribution is -2.05. The molecular weight excluding hydrogens is 396 g/mol. The van der Waals surface area contributed by atoms with E-state index in [1.807, 2.05) is 31.2 Å². The zero-order valence-corrected chi connectivity index (χ0v) is 16.9. The average molecular weight is 415 g/mol. The topological polar surface area (TPSA) is 80.4 Å². The Morgan fingerprint density at radius 1 is 1.25 bits per heavy atom. The van der Waals surface area contributed by atoms with Gasteiger partial charge in [0.2, 0.25) is 0 Å². The first-order valence-corrected chi connectivity index (χ1v) is 10.3. The largest absolute Gasteiger partial charge is 0.481 e. The van der Waals surface area contributed by atoms with E-state index in [-0.39, 0.29) is 6.42 Å². The summed E-state index contributed by atoms with van der Waals surface area (Å²) in [6.07, 6.45) is 2.53. The van der Waals surface area contributed by atoms with Crippen molar-refractivity contribution in [3.05, 3.63) is 63.0 Å². The predicted octanol–water partition coefficient (Wildman–Crippen LogP) is 4.44. The normalized spacial score (nSPS) is 12.9. The van der Waals surface area contributed by atoms with Crippen LogP contribution < -0.4 is 0 Å². The molecule has 8 heteroatoms. The van der Waals surface area contributed by atoms with Crippen LogP contribution >= 0.6 is 22.9 Å². The van der Waals surface area contributed by atoms with Crippen molar-refractivity contribution < 1.29 is 9.90 Å². The van der Waals surface area contributed by atoms with E-state index in [4.69, 9.17) is 21.7 Å². The molecule has 0 radical (unpaired) electrons. The number of aromatic nitrogens is 3. The van der Waals surface area contributed by atoms with Crippen LogP contribution in [0.2, 0.25) is 5.02 Å². The van der Waals surface area contributed by atoms with Gasteiger partial charge in [0.05, 0.1) is 5.71 Å². The highest BCUT2D eigenvalue weighted by molar-refractivity contribution is 7.15. The van der Waals surface area contributed by atoms with Gasteiger partial charge in [-0.2, -0.15) is 0 Å². The summed E-state index contributed by atoms with van der Waals surface area (Å²) in [6.45, 7) is 2.38. The molecule has 1 aliphatic heterocycles. The van der Waals surface area contributed by atoms with E-state index in [0.717, 1.165) is 46.3 Å². The van der Waals surface area contributed by atoms with Crippen LogP contribution in [-0.4, -0.2) is 31.6 Å². The minimum Gasteiger partial charge on any atom is -0.481 e. The van der Waals surface area contributed by atoms with E-state index in [2.05, 4.69) is 20.8 Å². The summed E-state index contributed by atoms with van der Waals surface area (Å²) >= 11 is 8.15. The Balaban J connectivity index is 1.74. The molecule has 1 N–H and O–H groups in total. The van der Waals surface area contributed by atoms with Crippen molar-refractivity contribution in [2.24, 2.45) is 4.99 Å². The molecule has 0 amide bonds. The molecule has 144 valence electrons. The minimum absolute atomic E-state index is 0.201. The van der Waals surface area contributed by atoms with Crippen molar-refractivity contribution in [3.8, 4) is 5.00 Å². The number of aryl methyl sites for hydroxylation is 2. The summed E-state index contributed by atoms with van der Waals surface area (Å²) in [7, 11) is 0. The van der Waals surface area contributed by atoms with Crippen LogP contribution in [0.5, 0.6) is 0 Å². The summed E-state index contributed by atoms with van der Waals surface area (Å²) in [6, 6.07) is 9.86. The molecule has 0 atom stereocenters. The van der Waals surface area contributed by atoms with Crippen molar-refractivity contribution >= 4 is 34.6 Å². The Labute approximate surface area is 171 Å². The molecule has 0 bridgehead atoms. The second-order valence-corrected chi connectivity index (χ2v) is 8.20. The fourth-order valence-corrected chi connectivity index (χ4v) is 4.85. The standard InChI is InChI=1S/C20H19ClN4O2S/c1-12-23-24-17-11-22-19(14-7-3-4-8-16(14)21)15-10-13(28-20(15)25(12)17)6-2-5-9-18(26)27/h3-4,7-8,10H,2,5-6,9,11H2,1H3,(H,26,27). The summed E-state index contributed by atoms with van der Waals surface area (Å²) < 4.78 is 2.06. The highest BCUT2D eigenvalue weighted by Crippen LogP contribution is 2.35. The first kappa shape index (κ1) is 18.8. The number of hydrogen-bond donors (Lipinski definition) is 1. The zero-order valence-electron chi connectivity index (χ0n) is 15.4. The van der Waals surface area contributed by atoms with Crippen molar-refractivity contribution in [1.29, 1.82) is 0 Å². The molecule has 0 spiro atoms. The molecule has 3 aromatic rings. The van der Waals surface area contributed by atoms with E-state index in [0.29, 0.717) is 18.0 Å². The molecule has 28 heavy (non-hydrogen) atoms. The second-order valence-electron chi connectivity index (χ2n) is 6.68. The van der Waals surface area contributed by atoms with E-state index < -0.39 is 5.97 Å². The van der Waals surface area contributed by atoms with Crippen molar-refractivity contribution in [2.75, 3.05) is 0 Å². The number of fused-ring (bicyclic) bond motifs is 3. The van der Waals surface area contributed by atoms with Gasteiger partial charge in [0, 0.05) is 27.4 Å². The third kappa shape index (κ3) is 3.59. The molecule has 4 rings (SSSR count). The number of benzene rings is 1. The Bertz CT molecular complexity index is 1070. The molecule has 1 aromatic carbocycles. The highest BCUT2D eigenvalue weighted by Gasteiger charge is 2.25. The first-order valence-electron chi connectivity index (χ1n) is 9.10. The number of rotatable bonds is 6. The van der Waals surface area contributed by atoms with E-state index in [1.54, 1.807) is 11.3 Å². The minimum atomic E-state index is -0.750. The summed E-state index contributed by atoms with van der Waals surface area (Å²) in [5, 5.41) is 19.0. The monoisotopic (exact) mass is 414 g/mol. The number of aliphatic carboxylic acids is 1. The number of halogens is 1. The van der Waals surface area contributed by atoms with Gasteiger partial charge in [0.25, 0.3) is 0 Å². The van der Waals surface area contributed by atoms with Gasteiger partial charge in [0.1, 0.15) is 17.4 Å². The number of carboxylic acid groups (broad SMARTS) is 1. The van der Waals surface area contributed by atoms with Crippen LogP contribution in [0, 0.1) is 6.92 Å². The Kier molecular flexibility index (Phi) is 5.28. The number of thiophene rings is 1. The SMILES string of the molecule is Cc1nnc2n1-c1sc(CCCCC(=O)O)cc1C(c1ccccc1Cl)=NC2. The third-order valence-corrected chi connectivity index (χ3v) is 6.19. The maximum absolute atomic E-state index is 10.7. The third-order valence-electron chi connectivity index (χ3n) is 4.68. The number of carbonyl (C=O) groups is 1. The van der Waals surface area contributed by atoms with Gasteiger partial charge >= 0.3 is 5.97 Å².